The van der Waals surface area contributed by atoms with Crippen LogP contribution in [0.15, 0.2) is 18.2 Å². The van der Waals surface area contributed by atoms with E-state index < -0.39 is 0 Å². The van der Waals surface area contributed by atoms with Crippen molar-refractivity contribution < 1.29 is 14.3 Å². The average Bonchev–Trinajstić information content (AvgIpc) is 2.90. The molecule has 0 saturated carbocycles. The van der Waals surface area contributed by atoms with Crippen molar-refractivity contribution in [3.05, 3.63) is 28.8 Å². The number of nitriles is 1. The minimum absolute atomic E-state index is 0.0142. The van der Waals surface area contributed by atoms with Crippen LogP contribution in [0.25, 0.3) is 0 Å². The molecule has 1 aromatic carbocycles. The van der Waals surface area contributed by atoms with Crippen molar-refractivity contribution in [3.63, 3.8) is 0 Å². The fraction of sp³-hybridized carbons (Fsp3) is 0.385. The topological polar surface area (TPSA) is 59.3 Å². The second-order valence-corrected chi connectivity index (χ2v) is 4.48. The zero-order valence-corrected chi connectivity index (χ0v) is 10.4. The molecule has 1 aromatic rings. The Labute approximate surface area is 110 Å². The minimum atomic E-state index is -0.0674. The summed E-state index contributed by atoms with van der Waals surface area (Å²) in [5.74, 6) is 0.373. The Morgan fingerprint density at radius 3 is 3.06 bits per heavy atom. The van der Waals surface area contributed by atoms with Crippen LogP contribution in [0, 0.1) is 17.2 Å². The van der Waals surface area contributed by atoms with E-state index in [2.05, 4.69) is 0 Å². The first-order valence-electron chi connectivity index (χ1n) is 5.63. The van der Waals surface area contributed by atoms with Gasteiger partial charge in [0.1, 0.15) is 12.4 Å². The van der Waals surface area contributed by atoms with Crippen molar-refractivity contribution >= 4 is 17.4 Å². The van der Waals surface area contributed by atoms with E-state index in [0.717, 1.165) is 6.42 Å². The molecule has 0 spiro atoms. The predicted molar refractivity (Wildman–Crippen MR) is 65.6 cm³/mol. The molecule has 1 heterocycles. The molecule has 94 valence electrons. The molecule has 0 amide bonds. The third-order valence-electron chi connectivity index (χ3n) is 2.82. The van der Waals surface area contributed by atoms with Crippen molar-refractivity contribution in [3.8, 4) is 11.8 Å². The highest BCUT2D eigenvalue weighted by Crippen LogP contribution is 2.25. The number of carbonyl (C=O) groups excluding carboxylic acids is 1. The summed E-state index contributed by atoms with van der Waals surface area (Å²) in [5.41, 5.74) is 0.461. The fourth-order valence-electron chi connectivity index (χ4n) is 1.74. The van der Waals surface area contributed by atoms with Crippen LogP contribution in [-0.4, -0.2) is 25.6 Å². The molecule has 0 bridgehead atoms. The van der Waals surface area contributed by atoms with Crippen molar-refractivity contribution in [1.29, 1.82) is 5.26 Å². The van der Waals surface area contributed by atoms with Gasteiger partial charge in [0.25, 0.3) is 0 Å². The summed E-state index contributed by atoms with van der Waals surface area (Å²) in [6.45, 7) is 1.09. The third kappa shape index (κ3) is 3.00. The van der Waals surface area contributed by atoms with Gasteiger partial charge in [-0.15, -0.1) is 0 Å². The summed E-state index contributed by atoms with van der Waals surface area (Å²) in [4.78, 5) is 11.8. The number of hydrogen-bond acceptors (Lipinski definition) is 4. The van der Waals surface area contributed by atoms with Gasteiger partial charge in [0, 0.05) is 12.5 Å². The van der Waals surface area contributed by atoms with Gasteiger partial charge in [0.05, 0.1) is 23.3 Å². The number of halogens is 1. The van der Waals surface area contributed by atoms with Gasteiger partial charge in [0.15, 0.2) is 5.78 Å². The molecule has 1 saturated heterocycles. The number of carbonyl (C=O) groups is 1. The zero-order valence-electron chi connectivity index (χ0n) is 9.69. The first-order chi connectivity index (χ1) is 8.70. The van der Waals surface area contributed by atoms with Crippen molar-refractivity contribution in [2.45, 2.75) is 6.42 Å². The van der Waals surface area contributed by atoms with Crippen LogP contribution >= 0.6 is 11.6 Å². The molecule has 5 heteroatoms. The summed E-state index contributed by atoms with van der Waals surface area (Å²) in [5, 5.41) is 9.03. The number of hydrogen-bond donors (Lipinski definition) is 0. The van der Waals surface area contributed by atoms with Crippen LogP contribution in [0.3, 0.4) is 0 Å². The Morgan fingerprint density at radius 1 is 1.61 bits per heavy atom. The summed E-state index contributed by atoms with van der Waals surface area (Å²) in [6.07, 6.45) is 0.753. The molecule has 0 N–H and O–H groups in total. The van der Waals surface area contributed by atoms with Gasteiger partial charge in [-0.25, -0.2) is 0 Å². The molecule has 18 heavy (non-hydrogen) atoms. The van der Waals surface area contributed by atoms with Gasteiger partial charge >= 0.3 is 0 Å². The van der Waals surface area contributed by atoms with Crippen LogP contribution in [0.1, 0.15) is 12.0 Å². The van der Waals surface area contributed by atoms with E-state index in [0.29, 0.717) is 29.5 Å². The van der Waals surface area contributed by atoms with Crippen LogP contribution < -0.4 is 4.74 Å². The van der Waals surface area contributed by atoms with Crippen LogP contribution in [-0.2, 0) is 9.53 Å². The Kier molecular flexibility index (Phi) is 4.19. The van der Waals surface area contributed by atoms with Crippen molar-refractivity contribution in [2.24, 2.45) is 5.92 Å². The maximum Gasteiger partial charge on any atom is 0.175 e. The number of nitrogens with zero attached hydrogens (tertiary/aromatic N) is 1. The van der Waals surface area contributed by atoms with Crippen molar-refractivity contribution in [1.82, 2.24) is 0 Å². The van der Waals surface area contributed by atoms with E-state index in [9.17, 15) is 4.79 Å². The predicted octanol–water partition coefficient (Wildman–Crippen LogP) is 2.20. The number of rotatable bonds is 4. The van der Waals surface area contributed by atoms with E-state index in [1.54, 1.807) is 12.1 Å². The lowest BCUT2D eigenvalue weighted by atomic mass is 10.0. The normalized spacial score (nSPS) is 18.3. The van der Waals surface area contributed by atoms with Gasteiger partial charge in [0.2, 0.25) is 0 Å². The van der Waals surface area contributed by atoms with Gasteiger partial charge in [-0.1, -0.05) is 11.6 Å². The molecule has 2 rings (SSSR count). The smallest absolute Gasteiger partial charge is 0.175 e. The number of benzene rings is 1. The Balaban J connectivity index is 1.94. The molecule has 1 unspecified atom stereocenters. The SMILES string of the molecule is N#Cc1ccc(OCC(=O)C2CCOC2)c(Cl)c1. The summed E-state index contributed by atoms with van der Waals surface area (Å²) in [6, 6.07) is 6.69. The Hall–Kier alpha value is -1.57. The number of ether oxygens (including phenoxy) is 2. The van der Waals surface area contributed by atoms with E-state index in [1.807, 2.05) is 6.07 Å². The first kappa shape index (κ1) is 12.9. The maximum absolute atomic E-state index is 11.8. The molecule has 1 aliphatic rings. The average molecular weight is 266 g/mol. The first-order valence-corrected chi connectivity index (χ1v) is 6.01. The largest absolute Gasteiger partial charge is 0.484 e. The highest BCUT2D eigenvalue weighted by molar-refractivity contribution is 6.32. The molecule has 1 aliphatic heterocycles. The van der Waals surface area contributed by atoms with Gasteiger partial charge < -0.3 is 9.47 Å². The lowest BCUT2D eigenvalue weighted by Gasteiger charge is -2.10. The highest BCUT2D eigenvalue weighted by Gasteiger charge is 2.23. The molecule has 4 nitrogen and oxygen atoms in total. The molecule has 1 fully saturated rings. The minimum Gasteiger partial charge on any atom is -0.484 e. The summed E-state index contributed by atoms with van der Waals surface area (Å²) in [7, 11) is 0. The van der Waals surface area contributed by atoms with E-state index >= 15 is 0 Å². The van der Waals surface area contributed by atoms with Crippen LogP contribution in [0.4, 0.5) is 0 Å². The second kappa shape index (κ2) is 5.85. The quantitative estimate of drug-likeness (QED) is 0.837. The van der Waals surface area contributed by atoms with E-state index in [-0.39, 0.29) is 18.3 Å². The monoisotopic (exact) mass is 265 g/mol. The summed E-state index contributed by atoms with van der Waals surface area (Å²) >= 11 is 5.94. The Morgan fingerprint density at radius 2 is 2.44 bits per heavy atom. The molecule has 0 aromatic heterocycles. The molecule has 1 atom stereocenters. The fourth-order valence-corrected chi connectivity index (χ4v) is 1.98. The van der Waals surface area contributed by atoms with Gasteiger partial charge in [-0.05, 0) is 24.6 Å². The van der Waals surface area contributed by atoms with Crippen LogP contribution in [0.2, 0.25) is 5.02 Å². The highest BCUT2D eigenvalue weighted by atomic mass is 35.5. The third-order valence-corrected chi connectivity index (χ3v) is 3.11. The van der Waals surface area contributed by atoms with Crippen LogP contribution in [0.5, 0.6) is 5.75 Å². The number of ketones is 1. The molecule has 0 radical (unpaired) electrons. The van der Waals surface area contributed by atoms with Crippen molar-refractivity contribution in [2.75, 3.05) is 19.8 Å². The standard InChI is InChI=1S/C13H12ClNO3/c14-11-5-9(6-15)1-2-13(11)18-8-12(16)10-3-4-17-7-10/h1-2,5,10H,3-4,7-8H2. The van der Waals surface area contributed by atoms with E-state index in [4.69, 9.17) is 26.3 Å². The maximum atomic E-state index is 11.8. The lowest BCUT2D eigenvalue weighted by molar-refractivity contribution is -0.124. The zero-order chi connectivity index (χ0) is 13.0. The molecule has 0 aliphatic carbocycles. The second-order valence-electron chi connectivity index (χ2n) is 4.07. The Bertz CT molecular complexity index is 489. The summed E-state index contributed by atoms with van der Waals surface area (Å²) < 4.78 is 10.5. The molecular weight excluding hydrogens is 254 g/mol. The van der Waals surface area contributed by atoms with Gasteiger partial charge in [-0.2, -0.15) is 5.26 Å². The van der Waals surface area contributed by atoms with E-state index in [1.165, 1.54) is 6.07 Å². The molecular formula is C13H12ClNO3. The lowest BCUT2D eigenvalue weighted by Crippen LogP contribution is -2.21. The number of Topliss-reactive ketones (excluding diaryl/α,β-unsaturated/α-hetero) is 1. The van der Waals surface area contributed by atoms with Gasteiger partial charge in [-0.3, -0.25) is 4.79 Å².